The number of unbranched alkanes of at least 4 members (excludes halogenated alkanes) is 2. The molecular weight excluding hydrogens is 534 g/mol. The Kier molecular flexibility index (Phi) is 11.7. The summed E-state index contributed by atoms with van der Waals surface area (Å²) in [5.74, 6) is -0.162. The number of ether oxygens (including phenoxy) is 3. The summed E-state index contributed by atoms with van der Waals surface area (Å²) in [6, 6.07) is 3.44. The second-order valence-corrected chi connectivity index (χ2v) is 13.6. The minimum absolute atomic E-state index is 0.0793. The van der Waals surface area contributed by atoms with E-state index in [1.54, 1.807) is 7.11 Å². The predicted octanol–water partition coefficient (Wildman–Crippen LogP) is 5.00. The highest BCUT2D eigenvalue weighted by molar-refractivity contribution is 5.79. The second kappa shape index (κ2) is 14.6. The van der Waals surface area contributed by atoms with E-state index >= 15 is 0 Å². The summed E-state index contributed by atoms with van der Waals surface area (Å²) in [4.78, 5) is 31.0. The molecule has 1 fully saturated rings. The van der Waals surface area contributed by atoms with Crippen LogP contribution < -0.4 is 14.2 Å². The van der Waals surface area contributed by atoms with E-state index in [1.165, 1.54) is 0 Å². The highest BCUT2D eigenvalue weighted by Crippen LogP contribution is 2.48. The summed E-state index contributed by atoms with van der Waals surface area (Å²) in [5, 5.41) is 10.6. The van der Waals surface area contributed by atoms with E-state index in [2.05, 4.69) is 52.9 Å². The van der Waals surface area contributed by atoms with E-state index in [0.717, 1.165) is 55.4 Å². The van der Waals surface area contributed by atoms with Crippen molar-refractivity contribution in [2.24, 2.45) is 11.3 Å². The first-order chi connectivity index (χ1) is 19.8. The van der Waals surface area contributed by atoms with E-state index in [0.29, 0.717) is 30.2 Å². The molecule has 0 bridgehead atoms. The van der Waals surface area contributed by atoms with Gasteiger partial charge in [0.2, 0.25) is 18.4 Å². The smallest absolute Gasteiger partial charge is 0.308 e. The van der Waals surface area contributed by atoms with Crippen molar-refractivity contribution in [1.29, 1.82) is 0 Å². The number of carbonyl (C=O) groups excluding carboxylic acids is 1. The number of amides is 1. The Hall–Kier alpha value is -2.78. The molecule has 0 saturated carbocycles. The van der Waals surface area contributed by atoms with Crippen LogP contribution >= 0.6 is 0 Å². The van der Waals surface area contributed by atoms with Crippen molar-refractivity contribution in [3.63, 3.8) is 0 Å². The molecule has 2 heterocycles. The molecule has 0 aliphatic carbocycles. The molecule has 0 radical (unpaired) electrons. The fourth-order valence-electron chi connectivity index (χ4n) is 6.38. The van der Waals surface area contributed by atoms with E-state index in [1.807, 2.05) is 30.0 Å². The van der Waals surface area contributed by atoms with Gasteiger partial charge >= 0.3 is 5.97 Å². The van der Waals surface area contributed by atoms with Gasteiger partial charge in [-0.2, -0.15) is 0 Å². The largest absolute Gasteiger partial charge is 0.493 e. The third kappa shape index (κ3) is 8.86. The molecule has 3 atom stereocenters. The number of carboxylic acid groups (broad SMARTS) is 1. The fraction of sp³-hybridized carbons (Fsp3) is 0.697. The third-order valence-electron chi connectivity index (χ3n) is 8.47. The van der Waals surface area contributed by atoms with Gasteiger partial charge in [0.25, 0.3) is 0 Å². The lowest BCUT2D eigenvalue weighted by molar-refractivity contribution is -0.870. The molecule has 0 spiro atoms. The van der Waals surface area contributed by atoms with Crippen LogP contribution in [0.3, 0.4) is 0 Å². The van der Waals surface area contributed by atoms with Crippen LogP contribution in [0, 0.1) is 11.3 Å². The van der Waals surface area contributed by atoms with Crippen LogP contribution in [0.15, 0.2) is 24.3 Å². The Labute approximate surface area is 253 Å². The van der Waals surface area contributed by atoms with Gasteiger partial charge in [-0.3, -0.25) is 14.5 Å². The zero-order valence-corrected chi connectivity index (χ0v) is 27.1. The van der Waals surface area contributed by atoms with Crippen LogP contribution in [0.25, 0.3) is 0 Å². The number of nitrogens with zero attached hydrogens (tertiary/aromatic N) is 3. The maximum absolute atomic E-state index is 13.9. The highest BCUT2D eigenvalue weighted by atomic mass is 16.7. The number of hydrogen-bond acceptors (Lipinski definition) is 6. The number of aliphatic carboxylic acids is 1. The lowest BCUT2D eigenvalue weighted by Crippen LogP contribution is -2.46. The summed E-state index contributed by atoms with van der Waals surface area (Å²) < 4.78 is 17.7. The van der Waals surface area contributed by atoms with E-state index in [4.69, 9.17) is 14.2 Å². The van der Waals surface area contributed by atoms with Gasteiger partial charge in [-0.05, 0) is 55.7 Å². The van der Waals surface area contributed by atoms with E-state index in [-0.39, 0.29) is 36.6 Å². The van der Waals surface area contributed by atoms with Crippen molar-refractivity contribution < 1.29 is 33.4 Å². The number of carboxylic acids is 1. The first-order valence-corrected chi connectivity index (χ1v) is 15.5. The maximum Gasteiger partial charge on any atom is 0.308 e. The van der Waals surface area contributed by atoms with Gasteiger partial charge in [0.1, 0.15) is 0 Å². The SMILES string of the molecule is C/C=C/C(C)(C)CC1C(C(=O)O)C(c2cc(OC)c3c(c2)OCO3)CN1CC(=O)N(CCCC)CCCC[N+](C)(C)C. The molecule has 42 heavy (non-hydrogen) atoms. The molecule has 3 rings (SSSR count). The molecule has 2 aliphatic rings. The van der Waals surface area contributed by atoms with Crippen LogP contribution in [-0.2, 0) is 9.59 Å². The summed E-state index contributed by atoms with van der Waals surface area (Å²) in [6.45, 7) is 11.7. The Morgan fingerprint density at radius 1 is 1.17 bits per heavy atom. The van der Waals surface area contributed by atoms with Crippen LogP contribution in [-0.4, -0.2) is 105 Å². The van der Waals surface area contributed by atoms with Crippen molar-refractivity contribution in [3.05, 3.63) is 29.8 Å². The lowest BCUT2D eigenvalue weighted by atomic mass is 9.77. The Morgan fingerprint density at radius 3 is 2.50 bits per heavy atom. The van der Waals surface area contributed by atoms with Gasteiger partial charge in [-0.1, -0.05) is 39.3 Å². The molecule has 236 valence electrons. The molecule has 3 unspecified atom stereocenters. The molecule has 2 aliphatic heterocycles. The summed E-state index contributed by atoms with van der Waals surface area (Å²) in [6.07, 6.45) is 8.75. The van der Waals surface area contributed by atoms with E-state index < -0.39 is 11.9 Å². The van der Waals surface area contributed by atoms with Gasteiger partial charge in [-0.15, -0.1) is 0 Å². The average Bonchev–Trinajstić information content (AvgIpc) is 3.51. The lowest BCUT2D eigenvalue weighted by Gasteiger charge is -2.34. The van der Waals surface area contributed by atoms with Crippen LogP contribution in [0.1, 0.15) is 71.3 Å². The zero-order valence-electron chi connectivity index (χ0n) is 27.1. The highest BCUT2D eigenvalue weighted by Gasteiger charge is 2.49. The number of likely N-dealkylation sites (tertiary alicyclic amines) is 1. The fourth-order valence-corrected chi connectivity index (χ4v) is 6.38. The summed E-state index contributed by atoms with van der Waals surface area (Å²) >= 11 is 0. The molecule has 0 aromatic heterocycles. The molecular formula is C33H54N3O6+. The van der Waals surface area contributed by atoms with Crippen LogP contribution in [0.2, 0.25) is 0 Å². The first-order valence-electron chi connectivity index (χ1n) is 15.5. The number of rotatable bonds is 16. The number of hydrogen-bond donors (Lipinski definition) is 1. The first kappa shape index (κ1) is 33.7. The van der Waals surface area contributed by atoms with Crippen molar-refractivity contribution in [2.75, 3.05) is 67.8 Å². The normalized spacial score (nSPS) is 20.8. The monoisotopic (exact) mass is 588 g/mol. The number of fused-ring (bicyclic) bond motifs is 1. The minimum atomic E-state index is -0.851. The molecule has 1 aromatic rings. The summed E-state index contributed by atoms with van der Waals surface area (Å²) in [7, 11) is 8.14. The molecule has 9 heteroatoms. The second-order valence-electron chi connectivity index (χ2n) is 13.6. The quantitative estimate of drug-likeness (QED) is 0.165. The van der Waals surface area contributed by atoms with Crippen molar-refractivity contribution >= 4 is 11.9 Å². The van der Waals surface area contributed by atoms with Gasteiger partial charge in [0.15, 0.2) is 11.5 Å². The van der Waals surface area contributed by atoms with E-state index in [9.17, 15) is 14.7 Å². The van der Waals surface area contributed by atoms with Gasteiger partial charge in [0.05, 0.1) is 47.3 Å². The van der Waals surface area contributed by atoms with Crippen molar-refractivity contribution in [1.82, 2.24) is 9.80 Å². The Balaban J connectivity index is 1.91. The number of benzene rings is 1. The predicted molar refractivity (Wildman–Crippen MR) is 165 cm³/mol. The molecule has 9 nitrogen and oxygen atoms in total. The van der Waals surface area contributed by atoms with Gasteiger partial charge in [-0.25, -0.2) is 0 Å². The Morgan fingerprint density at radius 2 is 1.88 bits per heavy atom. The molecule has 1 aromatic carbocycles. The third-order valence-corrected chi connectivity index (χ3v) is 8.47. The van der Waals surface area contributed by atoms with Gasteiger partial charge in [0, 0.05) is 31.6 Å². The molecule has 1 amide bonds. The standard InChI is InChI=1S/C33H53N3O6/c1-9-11-15-34(16-12-13-17-36(5,6)7)29(37)22-35-21-25(24-18-27(40-8)31-28(19-24)41-23-42-31)30(32(38)39)26(35)20-33(3,4)14-10-2/h10,14,18-19,25-26,30H,9,11-13,15-17,20-23H2,1-8H3/p+1/b14-10+. The number of methoxy groups -OCH3 is 1. The molecule has 1 N–H and O–H groups in total. The number of quaternary nitrogens is 1. The zero-order chi connectivity index (χ0) is 31.1. The maximum atomic E-state index is 13.9. The van der Waals surface area contributed by atoms with Crippen LogP contribution in [0.4, 0.5) is 0 Å². The van der Waals surface area contributed by atoms with Crippen molar-refractivity contribution in [3.8, 4) is 17.2 Å². The minimum Gasteiger partial charge on any atom is -0.493 e. The number of allylic oxidation sites excluding steroid dienone is 2. The topological polar surface area (TPSA) is 88.5 Å². The molecule has 1 saturated heterocycles. The number of carbonyl (C=O) groups is 2. The Bertz CT molecular complexity index is 1100. The van der Waals surface area contributed by atoms with Crippen molar-refractivity contribution in [2.45, 2.75) is 71.8 Å². The summed E-state index contributed by atoms with van der Waals surface area (Å²) in [5.41, 5.74) is 0.596. The van der Waals surface area contributed by atoms with Crippen LogP contribution in [0.5, 0.6) is 17.2 Å². The average molecular weight is 589 g/mol. The van der Waals surface area contributed by atoms with Gasteiger partial charge < -0.3 is 28.7 Å².